The average molecular weight is 241 g/mol. The molecule has 3 nitrogen and oxygen atoms in total. The van der Waals surface area contributed by atoms with Crippen molar-refractivity contribution in [2.24, 2.45) is 0 Å². The maximum atomic E-state index is 4.63. The number of nitrogens with zero attached hydrogens (tertiary/aromatic N) is 2. The lowest BCUT2D eigenvalue weighted by atomic mass is 10.1. The second kappa shape index (κ2) is 4.94. The number of aryl methyl sites for hydroxylation is 1. The molecule has 1 aromatic heterocycles. The molecule has 2 aromatic rings. The summed E-state index contributed by atoms with van der Waals surface area (Å²) in [6, 6.07) is 11.1. The minimum atomic E-state index is 0.591. The summed E-state index contributed by atoms with van der Waals surface area (Å²) in [6.07, 6.45) is 4.72. The van der Waals surface area contributed by atoms with Gasteiger partial charge in [0.2, 0.25) is 0 Å². The largest absolute Gasteiger partial charge is 0.312 e. The fourth-order valence-corrected chi connectivity index (χ4v) is 2.65. The minimum absolute atomic E-state index is 0.591. The Bertz CT molecular complexity index is 510. The van der Waals surface area contributed by atoms with Gasteiger partial charge in [-0.15, -0.1) is 0 Å². The van der Waals surface area contributed by atoms with Crippen molar-refractivity contribution in [1.29, 1.82) is 0 Å². The molecule has 0 saturated carbocycles. The van der Waals surface area contributed by atoms with E-state index >= 15 is 0 Å². The summed E-state index contributed by atoms with van der Waals surface area (Å²) >= 11 is 0. The molecular weight excluding hydrogens is 222 g/mol. The molecule has 1 unspecified atom stereocenters. The van der Waals surface area contributed by atoms with Crippen LogP contribution >= 0.6 is 0 Å². The lowest BCUT2D eigenvalue weighted by Crippen LogP contribution is -2.26. The maximum absolute atomic E-state index is 4.63. The highest BCUT2D eigenvalue weighted by molar-refractivity contribution is 5.64. The van der Waals surface area contributed by atoms with E-state index in [9.17, 15) is 0 Å². The van der Waals surface area contributed by atoms with E-state index in [4.69, 9.17) is 0 Å². The van der Waals surface area contributed by atoms with Crippen molar-refractivity contribution < 1.29 is 0 Å². The first-order valence-electron chi connectivity index (χ1n) is 6.66. The van der Waals surface area contributed by atoms with Crippen LogP contribution in [-0.2, 0) is 6.54 Å². The Morgan fingerprint density at radius 2 is 2.17 bits per heavy atom. The van der Waals surface area contributed by atoms with Gasteiger partial charge in [-0.05, 0) is 31.9 Å². The normalized spacial score (nSPS) is 19.3. The smallest absolute Gasteiger partial charge is 0.0672 e. The third kappa shape index (κ3) is 2.31. The van der Waals surface area contributed by atoms with Gasteiger partial charge >= 0.3 is 0 Å². The molecule has 0 bridgehead atoms. The van der Waals surface area contributed by atoms with Gasteiger partial charge in [0.25, 0.3) is 0 Å². The first-order valence-corrected chi connectivity index (χ1v) is 6.66. The molecule has 3 rings (SSSR count). The van der Waals surface area contributed by atoms with Crippen molar-refractivity contribution in [2.45, 2.75) is 32.4 Å². The van der Waals surface area contributed by atoms with Crippen LogP contribution in [0.15, 0.2) is 36.5 Å². The molecule has 1 aliphatic heterocycles. The lowest BCUT2D eigenvalue weighted by Gasteiger charge is -2.09. The molecule has 1 saturated heterocycles. The molecule has 0 spiro atoms. The van der Waals surface area contributed by atoms with Gasteiger partial charge in [0.15, 0.2) is 0 Å². The highest BCUT2D eigenvalue weighted by atomic mass is 15.3. The van der Waals surface area contributed by atoms with Crippen LogP contribution in [0.5, 0.6) is 0 Å². The van der Waals surface area contributed by atoms with Gasteiger partial charge in [-0.3, -0.25) is 4.68 Å². The third-order valence-electron chi connectivity index (χ3n) is 3.60. The van der Waals surface area contributed by atoms with Gasteiger partial charge in [0, 0.05) is 17.8 Å². The summed E-state index contributed by atoms with van der Waals surface area (Å²) in [6.45, 7) is 4.21. The molecule has 0 amide bonds. The standard InChI is InChI=1S/C15H19N3/c1-12-15(13-6-3-2-4-7-13)11-18(17-12)10-14-8-5-9-16-14/h2-4,6-7,11,14,16H,5,8-10H2,1H3. The topological polar surface area (TPSA) is 29.9 Å². The number of aromatic nitrogens is 2. The van der Waals surface area contributed by atoms with Crippen molar-refractivity contribution in [2.75, 3.05) is 6.54 Å². The SMILES string of the molecule is Cc1nn(CC2CCCN2)cc1-c1ccccc1. The van der Waals surface area contributed by atoms with Gasteiger partial charge in [0.1, 0.15) is 0 Å². The third-order valence-corrected chi connectivity index (χ3v) is 3.60. The van der Waals surface area contributed by atoms with Gasteiger partial charge in [-0.2, -0.15) is 5.10 Å². The first-order chi connectivity index (χ1) is 8.83. The summed E-state index contributed by atoms with van der Waals surface area (Å²) in [7, 11) is 0. The quantitative estimate of drug-likeness (QED) is 0.895. The van der Waals surface area contributed by atoms with E-state index in [-0.39, 0.29) is 0 Å². The van der Waals surface area contributed by atoms with E-state index in [0.29, 0.717) is 6.04 Å². The van der Waals surface area contributed by atoms with Crippen LogP contribution in [0.4, 0.5) is 0 Å². The summed E-state index contributed by atoms with van der Waals surface area (Å²) in [5.74, 6) is 0. The molecule has 1 atom stereocenters. The highest BCUT2D eigenvalue weighted by Crippen LogP contribution is 2.22. The molecule has 2 heterocycles. The van der Waals surface area contributed by atoms with Gasteiger partial charge in [0.05, 0.1) is 12.2 Å². The Morgan fingerprint density at radius 3 is 2.89 bits per heavy atom. The van der Waals surface area contributed by atoms with Crippen LogP contribution in [0.1, 0.15) is 18.5 Å². The second-order valence-electron chi connectivity index (χ2n) is 5.01. The Labute approximate surface area is 108 Å². The zero-order chi connectivity index (χ0) is 12.4. The Hall–Kier alpha value is -1.61. The number of nitrogens with one attached hydrogen (secondary N) is 1. The Balaban J connectivity index is 1.82. The van der Waals surface area contributed by atoms with E-state index in [2.05, 4.69) is 52.5 Å². The monoisotopic (exact) mass is 241 g/mol. The zero-order valence-corrected chi connectivity index (χ0v) is 10.8. The van der Waals surface area contributed by atoms with Gasteiger partial charge in [-0.25, -0.2) is 0 Å². The van der Waals surface area contributed by atoms with Crippen molar-refractivity contribution in [3.8, 4) is 11.1 Å². The highest BCUT2D eigenvalue weighted by Gasteiger charge is 2.16. The number of rotatable bonds is 3. The van der Waals surface area contributed by atoms with Crippen molar-refractivity contribution >= 4 is 0 Å². The van der Waals surface area contributed by atoms with E-state index in [0.717, 1.165) is 18.8 Å². The van der Waals surface area contributed by atoms with Crippen molar-refractivity contribution in [1.82, 2.24) is 15.1 Å². The van der Waals surface area contributed by atoms with Gasteiger partial charge in [-0.1, -0.05) is 30.3 Å². The molecule has 0 radical (unpaired) electrons. The van der Waals surface area contributed by atoms with E-state index in [1.807, 2.05) is 6.07 Å². The van der Waals surface area contributed by atoms with Crippen LogP contribution in [0.25, 0.3) is 11.1 Å². The Morgan fingerprint density at radius 1 is 1.33 bits per heavy atom. The van der Waals surface area contributed by atoms with E-state index in [1.54, 1.807) is 0 Å². The predicted molar refractivity (Wildman–Crippen MR) is 73.4 cm³/mol. The number of hydrogen-bond acceptors (Lipinski definition) is 2. The van der Waals surface area contributed by atoms with Crippen molar-refractivity contribution in [3.05, 3.63) is 42.2 Å². The first kappa shape index (κ1) is 11.5. The van der Waals surface area contributed by atoms with Crippen LogP contribution in [0.3, 0.4) is 0 Å². The molecular formula is C15H19N3. The number of benzene rings is 1. The minimum Gasteiger partial charge on any atom is -0.312 e. The molecule has 94 valence electrons. The van der Waals surface area contributed by atoms with Gasteiger partial charge < -0.3 is 5.32 Å². The van der Waals surface area contributed by atoms with E-state index in [1.165, 1.54) is 24.0 Å². The molecule has 1 aliphatic rings. The second-order valence-corrected chi connectivity index (χ2v) is 5.01. The summed E-state index contributed by atoms with van der Waals surface area (Å²) < 4.78 is 2.08. The van der Waals surface area contributed by atoms with Crippen molar-refractivity contribution in [3.63, 3.8) is 0 Å². The molecule has 3 heteroatoms. The predicted octanol–water partition coefficient (Wildman–Crippen LogP) is 2.61. The fraction of sp³-hybridized carbons (Fsp3) is 0.400. The molecule has 0 aliphatic carbocycles. The number of hydrogen-bond donors (Lipinski definition) is 1. The van der Waals surface area contributed by atoms with Crippen LogP contribution in [0, 0.1) is 6.92 Å². The van der Waals surface area contributed by atoms with Crippen LogP contribution in [-0.4, -0.2) is 22.4 Å². The summed E-state index contributed by atoms with van der Waals surface area (Å²) in [4.78, 5) is 0. The zero-order valence-electron chi connectivity index (χ0n) is 10.8. The average Bonchev–Trinajstić information content (AvgIpc) is 3.01. The molecule has 18 heavy (non-hydrogen) atoms. The molecule has 1 fully saturated rings. The fourth-order valence-electron chi connectivity index (χ4n) is 2.65. The lowest BCUT2D eigenvalue weighted by molar-refractivity contribution is 0.474. The summed E-state index contributed by atoms with van der Waals surface area (Å²) in [5.41, 5.74) is 3.61. The van der Waals surface area contributed by atoms with Crippen LogP contribution < -0.4 is 5.32 Å². The summed E-state index contributed by atoms with van der Waals surface area (Å²) in [5, 5.41) is 8.14. The molecule has 1 aromatic carbocycles. The molecule has 1 N–H and O–H groups in total. The Kier molecular flexibility index (Phi) is 3.15. The maximum Gasteiger partial charge on any atom is 0.0672 e. The van der Waals surface area contributed by atoms with E-state index < -0.39 is 0 Å². The van der Waals surface area contributed by atoms with Crippen LogP contribution in [0.2, 0.25) is 0 Å².